The van der Waals surface area contributed by atoms with Crippen LogP contribution < -0.4 is 10.1 Å². The number of hydrogen-bond donors (Lipinski definition) is 1. The summed E-state index contributed by atoms with van der Waals surface area (Å²) in [6.07, 6.45) is 3.18. The molecule has 0 saturated carbocycles. The first-order valence-electron chi connectivity index (χ1n) is 8.88. The summed E-state index contributed by atoms with van der Waals surface area (Å²) < 4.78 is 5.79. The Morgan fingerprint density at radius 1 is 1.28 bits per heavy atom. The summed E-state index contributed by atoms with van der Waals surface area (Å²) in [5, 5.41) is 6.68. The predicted molar refractivity (Wildman–Crippen MR) is 99.8 cm³/mol. The second kappa shape index (κ2) is 8.97. The lowest BCUT2D eigenvalue weighted by molar-refractivity contribution is -0.132. The number of rotatable bonds is 8. The molecule has 6 heteroatoms. The molecule has 0 aliphatic carbocycles. The minimum atomic E-state index is 0.0785. The third-order valence-electron chi connectivity index (χ3n) is 4.31. The van der Waals surface area contributed by atoms with Gasteiger partial charge in [0, 0.05) is 37.1 Å². The van der Waals surface area contributed by atoms with Crippen molar-refractivity contribution in [2.45, 2.75) is 39.3 Å². The van der Waals surface area contributed by atoms with Gasteiger partial charge in [-0.15, -0.1) is 11.3 Å². The van der Waals surface area contributed by atoms with E-state index in [9.17, 15) is 4.79 Å². The summed E-state index contributed by atoms with van der Waals surface area (Å²) in [5.74, 6) is 0.852. The summed E-state index contributed by atoms with van der Waals surface area (Å²) in [7, 11) is 0. The van der Waals surface area contributed by atoms with Crippen molar-refractivity contribution < 1.29 is 9.53 Å². The number of carbonyl (C=O) groups excluding carboxylic acids is 1. The first kappa shape index (κ1) is 17.9. The number of aromatic nitrogens is 1. The van der Waals surface area contributed by atoms with Crippen molar-refractivity contribution in [3.8, 4) is 5.75 Å². The predicted octanol–water partition coefficient (Wildman–Crippen LogP) is 3.00. The molecular weight excluding hydrogens is 334 g/mol. The fourth-order valence-electron chi connectivity index (χ4n) is 2.91. The minimum absolute atomic E-state index is 0.0785. The van der Waals surface area contributed by atoms with Crippen molar-refractivity contribution >= 4 is 17.2 Å². The van der Waals surface area contributed by atoms with E-state index in [1.54, 1.807) is 11.3 Å². The lowest BCUT2D eigenvalue weighted by atomic mass is 10.2. The van der Waals surface area contributed by atoms with E-state index in [1.807, 2.05) is 29.2 Å². The smallest absolute Gasteiger partial charge is 0.260 e. The van der Waals surface area contributed by atoms with Gasteiger partial charge in [-0.05, 0) is 25.3 Å². The second-order valence-electron chi connectivity index (χ2n) is 6.17. The van der Waals surface area contributed by atoms with E-state index in [0.29, 0.717) is 6.54 Å². The van der Waals surface area contributed by atoms with Crippen molar-refractivity contribution in [3.05, 3.63) is 45.9 Å². The van der Waals surface area contributed by atoms with E-state index >= 15 is 0 Å². The van der Waals surface area contributed by atoms with Crippen molar-refractivity contribution in [2.24, 2.45) is 0 Å². The third kappa shape index (κ3) is 5.03. The topological polar surface area (TPSA) is 54.5 Å². The fourth-order valence-corrected chi connectivity index (χ4v) is 3.65. The van der Waals surface area contributed by atoms with Crippen molar-refractivity contribution in [2.75, 3.05) is 19.7 Å². The molecule has 1 aliphatic rings. The average molecular weight is 359 g/mol. The van der Waals surface area contributed by atoms with Gasteiger partial charge in [0.25, 0.3) is 5.91 Å². The molecule has 1 fully saturated rings. The Morgan fingerprint density at radius 2 is 2.08 bits per heavy atom. The molecule has 3 rings (SSSR count). The molecule has 0 atom stereocenters. The zero-order valence-electron chi connectivity index (χ0n) is 14.7. The van der Waals surface area contributed by atoms with Crippen LogP contribution in [0, 0.1) is 0 Å². The number of amides is 1. The van der Waals surface area contributed by atoms with Crippen molar-refractivity contribution in [1.82, 2.24) is 15.2 Å². The number of aryl methyl sites for hydroxylation is 1. The van der Waals surface area contributed by atoms with Crippen LogP contribution in [0.5, 0.6) is 5.75 Å². The molecule has 1 aliphatic heterocycles. The maximum absolute atomic E-state index is 12.1. The zero-order chi connectivity index (χ0) is 17.5. The number of nitrogens with one attached hydrogen (secondary N) is 1. The van der Waals surface area contributed by atoms with Gasteiger partial charge < -0.3 is 15.0 Å². The summed E-state index contributed by atoms with van der Waals surface area (Å²) in [5.41, 5.74) is 2.13. The van der Waals surface area contributed by atoms with Gasteiger partial charge in [0.05, 0.1) is 10.7 Å². The number of para-hydroxylation sites is 1. The van der Waals surface area contributed by atoms with Gasteiger partial charge in [-0.2, -0.15) is 0 Å². The van der Waals surface area contributed by atoms with Crippen LogP contribution in [0.3, 0.4) is 0 Å². The van der Waals surface area contributed by atoms with Gasteiger partial charge in [0.15, 0.2) is 6.61 Å². The SMILES string of the molecule is CCc1nc(CNCc2ccccc2OCC(=O)N2CCCC2)cs1. The standard InChI is InChI=1S/C19H25N3O2S/c1-2-18-21-16(14-25-18)12-20-11-15-7-3-4-8-17(15)24-13-19(23)22-9-5-6-10-22/h3-4,7-8,14,20H,2,5-6,9-13H2,1H3. The molecular formula is C19H25N3O2S. The molecule has 1 aromatic carbocycles. The Labute approximate surface area is 153 Å². The molecule has 0 unspecified atom stereocenters. The Bertz CT molecular complexity index is 695. The first-order chi connectivity index (χ1) is 12.3. The summed E-state index contributed by atoms with van der Waals surface area (Å²) in [4.78, 5) is 18.6. The monoisotopic (exact) mass is 359 g/mol. The zero-order valence-corrected chi connectivity index (χ0v) is 15.5. The molecule has 1 N–H and O–H groups in total. The maximum Gasteiger partial charge on any atom is 0.260 e. The molecule has 1 saturated heterocycles. The van der Waals surface area contributed by atoms with Crippen LogP contribution in [-0.2, 0) is 24.3 Å². The molecule has 2 aromatic rings. The van der Waals surface area contributed by atoms with Gasteiger partial charge in [-0.3, -0.25) is 4.79 Å². The Morgan fingerprint density at radius 3 is 2.84 bits per heavy atom. The van der Waals surface area contributed by atoms with Crippen LogP contribution >= 0.6 is 11.3 Å². The van der Waals surface area contributed by atoms with E-state index in [4.69, 9.17) is 4.74 Å². The van der Waals surface area contributed by atoms with Crippen molar-refractivity contribution in [3.63, 3.8) is 0 Å². The van der Waals surface area contributed by atoms with E-state index < -0.39 is 0 Å². The van der Waals surface area contributed by atoms with Crippen LogP contribution in [0.1, 0.15) is 36.0 Å². The highest BCUT2D eigenvalue weighted by molar-refractivity contribution is 7.09. The Balaban J connectivity index is 1.50. The van der Waals surface area contributed by atoms with Crippen LogP contribution in [0.25, 0.3) is 0 Å². The van der Waals surface area contributed by atoms with Crippen LogP contribution in [0.2, 0.25) is 0 Å². The lowest BCUT2D eigenvalue weighted by Crippen LogP contribution is -2.32. The first-order valence-corrected chi connectivity index (χ1v) is 9.76. The number of nitrogens with zero attached hydrogens (tertiary/aromatic N) is 2. The number of likely N-dealkylation sites (tertiary alicyclic amines) is 1. The fraction of sp³-hybridized carbons (Fsp3) is 0.474. The Hall–Kier alpha value is -1.92. The van der Waals surface area contributed by atoms with Crippen molar-refractivity contribution in [1.29, 1.82) is 0 Å². The molecule has 5 nitrogen and oxygen atoms in total. The van der Waals surface area contributed by atoms with E-state index in [-0.39, 0.29) is 12.5 Å². The molecule has 25 heavy (non-hydrogen) atoms. The largest absolute Gasteiger partial charge is 0.483 e. The average Bonchev–Trinajstić information content (AvgIpc) is 3.32. The summed E-state index contributed by atoms with van der Waals surface area (Å²) in [6.45, 7) is 5.37. The van der Waals surface area contributed by atoms with Crippen LogP contribution in [0.15, 0.2) is 29.6 Å². The third-order valence-corrected chi connectivity index (χ3v) is 5.35. The summed E-state index contributed by atoms with van der Waals surface area (Å²) in [6, 6.07) is 7.88. The number of thiazole rings is 1. The highest BCUT2D eigenvalue weighted by Crippen LogP contribution is 2.19. The molecule has 2 heterocycles. The lowest BCUT2D eigenvalue weighted by Gasteiger charge is -2.17. The number of hydrogen-bond acceptors (Lipinski definition) is 5. The number of benzene rings is 1. The van der Waals surface area contributed by atoms with Gasteiger partial charge in [0.2, 0.25) is 0 Å². The molecule has 134 valence electrons. The Kier molecular flexibility index (Phi) is 6.42. The normalized spacial score (nSPS) is 14.0. The molecule has 1 amide bonds. The van der Waals surface area contributed by atoms with Gasteiger partial charge in [-0.25, -0.2) is 4.98 Å². The van der Waals surface area contributed by atoms with Crippen LogP contribution in [-0.4, -0.2) is 35.5 Å². The molecule has 0 bridgehead atoms. The van der Waals surface area contributed by atoms with E-state index in [0.717, 1.165) is 55.9 Å². The van der Waals surface area contributed by atoms with Gasteiger partial charge >= 0.3 is 0 Å². The highest BCUT2D eigenvalue weighted by Gasteiger charge is 2.18. The van der Waals surface area contributed by atoms with E-state index in [2.05, 4.69) is 22.6 Å². The van der Waals surface area contributed by atoms with Gasteiger partial charge in [0.1, 0.15) is 5.75 Å². The summed E-state index contributed by atoms with van der Waals surface area (Å²) >= 11 is 1.70. The number of carbonyl (C=O) groups is 1. The van der Waals surface area contributed by atoms with Crippen LogP contribution in [0.4, 0.5) is 0 Å². The minimum Gasteiger partial charge on any atom is -0.483 e. The molecule has 1 aromatic heterocycles. The maximum atomic E-state index is 12.1. The number of ether oxygens (including phenoxy) is 1. The quantitative estimate of drug-likeness (QED) is 0.787. The molecule has 0 spiro atoms. The molecule has 0 radical (unpaired) electrons. The second-order valence-corrected chi connectivity index (χ2v) is 7.12. The van der Waals surface area contributed by atoms with E-state index in [1.165, 1.54) is 5.01 Å². The highest BCUT2D eigenvalue weighted by atomic mass is 32.1. The van der Waals surface area contributed by atoms with Gasteiger partial charge in [-0.1, -0.05) is 25.1 Å².